The number of esters is 4. The molecule has 0 aliphatic rings. The summed E-state index contributed by atoms with van der Waals surface area (Å²) in [5.74, 6) is -3.75. The molecule has 0 saturated carbocycles. The second-order valence-corrected chi connectivity index (χ2v) is 10.9. The number of carbonyl (C=O) groups is 4. The molecule has 10 nitrogen and oxygen atoms in total. The first kappa shape index (κ1) is 33.2. The minimum absolute atomic E-state index is 0.152. The minimum atomic E-state index is -1.06. The molecule has 0 aliphatic carbocycles. The number of aryl methyl sites for hydroxylation is 2. The lowest BCUT2D eigenvalue weighted by molar-refractivity contribution is 0.0530. The van der Waals surface area contributed by atoms with Crippen LogP contribution in [0.2, 0.25) is 0 Å². The van der Waals surface area contributed by atoms with Crippen LogP contribution in [0, 0.1) is 13.8 Å². The molecule has 0 heterocycles. The van der Waals surface area contributed by atoms with E-state index in [9.17, 15) is 19.2 Å². The Morgan fingerprint density at radius 1 is 0.583 bits per heavy atom. The number of benzene rings is 4. The van der Waals surface area contributed by atoms with Crippen LogP contribution >= 0.6 is 0 Å². The molecule has 0 radical (unpaired) electrons. The SMILES string of the molecule is COC(=O)c1c(C(=O)OC)c(C(=O)OC)[c-]([N+](=C(Nc2ccc(C)cc2)c2cccc3ccccc23)c2ccc(C)cc2)c1C(=O)OC. The van der Waals surface area contributed by atoms with E-state index < -0.39 is 46.1 Å². The zero-order chi connectivity index (χ0) is 34.5. The molecule has 0 saturated heterocycles. The maximum Gasteiger partial charge on any atom is 0.309 e. The Morgan fingerprint density at radius 3 is 1.58 bits per heavy atom. The van der Waals surface area contributed by atoms with E-state index in [0.29, 0.717) is 22.8 Å². The molecule has 0 bridgehead atoms. The van der Waals surface area contributed by atoms with Crippen molar-refractivity contribution in [1.82, 2.24) is 4.58 Å². The first-order valence-corrected chi connectivity index (χ1v) is 14.9. The van der Waals surface area contributed by atoms with E-state index in [4.69, 9.17) is 18.9 Å². The van der Waals surface area contributed by atoms with Gasteiger partial charge in [-0.2, -0.15) is 0 Å². The first-order valence-electron chi connectivity index (χ1n) is 14.9. The smallest absolute Gasteiger partial charge is 0.309 e. The highest BCUT2D eigenvalue weighted by atomic mass is 16.5. The summed E-state index contributed by atoms with van der Waals surface area (Å²) in [6.45, 7) is 3.89. The van der Waals surface area contributed by atoms with Crippen molar-refractivity contribution in [2.45, 2.75) is 13.8 Å². The Bertz CT molecular complexity index is 2010. The molecule has 5 aromatic carbocycles. The van der Waals surface area contributed by atoms with Gasteiger partial charge in [0.1, 0.15) is 5.69 Å². The second kappa shape index (κ2) is 14.1. The zero-order valence-electron chi connectivity index (χ0n) is 27.4. The largest absolute Gasteiger partial charge is 0.490 e. The van der Waals surface area contributed by atoms with E-state index in [0.717, 1.165) is 50.3 Å². The van der Waals surface area contributed by atoms with Gasteiger partial charge in [-0.05, 0) is 48.9 Å². The average Bonchev–Trinajstić information content (AvgIpc) is 3.47. The van der Waals surface area contributed by atoms with Crippen LogP contribution in [0.15, 0.2) is 91.0 Å². The number of nitrogens with one attached hydrogen (secondary N) is 1. The van der Waals surface area contributed by atoms with Gasteiger partial charge in [-0.15, -0.1) is 0 Å². The van der Waals surface area contributed by atoms with Crippen molar-refractivity contribution in [1.29, 1.82) is 0 Å². The molecule has 5 rings (SSSR count). The molecule has 48 heavy (non-hydrogen) atoms. The second-order valence-electron chi connectivity index (χ2n) is 10.9. The standard InChI is InChI=1S/C38H34N2O8/c1-22-14-18-25(19-15-22)39-34(28-13-9-11-24-10-7-8-12-27(24)28)40(26-20-16-23(2)17-21-26)33-31(37(43)47-5)29(35(41)45-3)30(36(42)46-4)32(33)38(44)48-6/h7-21,39H,1-6H3. The number of methoxy groups -OCH3 is 4. The summed E-state index contributed by atoms with van der Waals surface area (Å²) in [5.41, 5.74) is 1.83. The molecule has 244 valence electrons. The van der Waals surface area contributed by atoms with Crippen LogP contribution in [-0.2, 0) is 18.9 Å². The molecule has 0 fully saturated rings. The molecule has 0 aromatic heterocycles. The Balaban J connectivity index is 2.11. The zero-order valence-corrected chi connectivity index (χ0v) is 27.4. The summed E-state index contributed by atoms with van der Waals surface area (Å²) in [7, 11) is 4.45. The van der Waals surface area contributed by atoms with Crippen molar-refractivity contribution in [3.63, 3.8) is 0 Å². The highest BCUT2D eigenvalue weighted by molar-refractivity contribution is 6.24. The average molecular weight is 647 g/mol. The maximum absolute atomic E-state index is 13.8. The molecule has 0 atom stereocenters. The van der Waals surface area contributed by atoms with Crippen molar-refractivity contribution in [3.8, 4) is 0 Å². The fourth-order valence-electron chi connectivity index (χ4n) is 5.56. The molecule has 1 N–H and O–H groups in total. The number of hydrogen-bond donors (Lipinski definition) is 1. The number of fused-ring (bicyclic) bond motifs is 1. The lowest BCUT2D eigenvalue weighted by Crippen LogP contribution is -2.28. The van der Waals surface area contributed by atoms with Crippen LogP contribution in [0.4, 0.5) is 17.1 Å². The van der Waals surface area contributed by atoms with Gasteiger partial charge in [0.15, 0.2) is 0 Å². The third-order valence-corrected chi connectivity index (χ3v) is 7.88. The normalized spacial score (nSPS) is 11.4. The Hall–Kier alpha value is -6.16. The number of nitrogens with zero attached hydrogens (tertiary/aromatic N) is 1. The number of hydrogen-bond acceptors (Lipinski definition) is 8. The van der Waals surface area contributed by atoms with E-state index >= 15 is 0 Å². The number of rotatable bonds is 8. The van der Waals surface area contributed by atoms with Crippen molar-refractivity contribution < 1.29 is 38.1 Å². The third kappa shape index (κ3) is 6.15. The van der Waals surface area contributed by atoms with Crippen LogP contribution in [0.5, 0.6) is 0 Å². The third-order valence-electron chi connectivity index (χ3n) is 7.88. The van der Waals surface area contributed by atoms with Gasteiger partial charge in [-0.1, -0.05) is 77.9 Å². The van der Waals surface area contributed by atoms with Gasteiger partial charge in [0.25, 0.3) is 11.9 Å². The van der Waals surface area contributed by atoms with Crippen molar-refractivity contribution >= 4 is 57.5 Å². The highest BCUT2D eigenvalue weighted by Crippen LogP contribution is 2.40. The molecule has 10 heteroatoms. The number of ether oxygens (including phenoxy) is 4. The van der Waals surface area contributed by atoms with Crippen LogP contribution in [0.3, 0.4) is 0 Å². The monoisotopic (exact) mass is 646 g/mol. The minimum Gasteiger partial charge on any atom is -0.490 e. The Morgan fingerprint density at radius 2 is 1.06 bits per heavy atom. The fraction of sp³-hybridized carbons (Fsp3) is 0.158. The van der Waals surface area contributed by atoms with Crippen LogP contribution in [0.1, 0.15) is 58.1 Å². The van der Waals surface area contributed by atoms with Gasteiger partial charge >= 0.3 is 11.9 Å². The molecular formula is C38H34N2O8. The van der Waals surface area contributed by atoms with Crippen molar-refractivity contribution in [2.75, 3.05) is 33.8 Å². The molecule has 0 unspecified atom stereocenters. The molecule has 0 aliphatic heterocycles. The topological polar surface area (TPSA) is 120 Å². The number of amidine groups is 1. The van der Waals surface area contributed by atoms with E-state index in [-0.39, 0.29) is 5.69 Å². The van der Waals surface area contributed by atoms with Gasteiger partial charge in [0.2, 0.25) is 5.84 Å². The van der Waals surface area contributed by atoms with E-state index in [1.807, 2.05) is 92.7 Å². The van der Waals surface area contributed by atoms with Crippen LogP contribution < -0.4 is 9.89 Å². The van der Waals surface area contributed by atoms with Crippen LogP contribution in [0.25, 0.3) is 10.8 Å². The summed E-state index contributed by atoms with van der Waals surface area (Å²) in [6, 6.07) is 28.4. The van der Waals surface area contributed by atoms with E-state index in [1.54, 1.807) is 16.7 Å². The molecule has 0 spiro atoms. The van der Waals surface area contributed by atoms with Gasteiger partial charge < -0.3 is 18.9 Å². The molecule has 5 aromatic rings. The van der Waals surface area contributed by atoms with Crippen LogP contribution in [-0.4, -0.2) is 58.2 Å². The molecular weight excluding hydrogens is 612 g/mol. The summed E-state index contributed by atoms with van der Waals surface area (Å²) < 4.78 is 22.1. The fourth-order valence-corrected chi connectivity index (χ4v) is 5.56. The summed E-state index contributed by atoms with van der Waals surface area (Å²) >= 11 is 0. The van der Waals surface area contributed by atoms with E-state index in [2.05, 4.69) is 5.32 Å². The lowest BCUT2D eigenvalue weighted by atomic mass is 10.0. The van der Waals surface area contributed by atoms with Crippen molar-refractivity contribution in [2.24, 2.45) is 0 Å². The summed E-state index contributed by atoms with van der Waals surface area (Å²) in [4.78, 5) is 54.6. The Kier molecular flexibility index (Phi) is 9.75. The Labute approximate surface area is 277 Å². The van der Waals surface area contributed by atoms with Gasteiger partial charge in [0.05, 0.1) is 39.8 Å². The maximum atomic E-state index is 13.8. The van der Waals surface area contributed by atoms with Crippen molar-refractivity contribution in [3.05, 3.63) is 130 Å². The first-order chi connectivity index (χ1) is 23.1. The van der Waals surface area contributed by atoms with Gasteiger partial charge in [-0.3, -0.25) is 29.1 Å². The predicted octanol–water partition coefficient (Wildman–Crippen LogP) is 6.72. The lowest BCUT2D eigenvalue weighted by Gasteiger charge is -2.21. The van der Waals surface area contributed by atoms with E-state index in [1.165, 1.54) is 0 Å². The molecule has 0 amide bonds. The van der Waals surface area contributed by atoms with Gasteiger partial charge in [-0.25, -0.2) is 0 Å². The summed E-state index contributed by atoms with van der Waals surface area (Å²) in [5, 5.41) is 5.26. The summed E-state index contributed by atoms with van der Waals surface area (Å²) in [6.07, 6.45) is 0. The predicted molar refractivity (Wildman–Crippen MR) is 183 cm³/mol. The number of anilines is 1. The quantitative estimate of drug-likeness (QED) is 0.0489. The number of carbonyl (C=O) groups excluding carboxylic acids is 4. The highest BCUT2D eigenvalue weighted by Gasteiger charge is 2.38. The van der Waals surface area contributed by atoms with Gasteiger partial charge in [0, 0.05) is 27.8 Å².